The SMILES string of the molecule is Cc1ccc(NC(=O)c2ccc3c(c2)OCCO3)cc1NC(=O)c1ccc2cnccc2c1. The molecule has 2 amide bonds. The summed E-state index contributed by atoms with van der Waals surface area (Å²) in [5.41, 5.74) is 3.07. The smallest absolute Gasteiger partial charge is 0.255 e. The Balaban J connectivity index is 1.33. The number of fused-ring (bicyclic) bond motifs is 2. The van der Waals surface area contributed by atoms with Crippen molar-refractivity contribution in [1.82, 2.24) is 4.98 Å². The molecule has 2 N–H and O–H groups in total. The molecule has 33 heavy (non-hydrogen) atoms. The number of benzene rings is 3. The van der Waals surface area contributed by atoms with Crippen molar-refractivity contribution < 1.29 is 19.1 Å². The average molecular weight is 439 g/mol. The number of hydrogen-bond acceptors (Lipinski definition) is 5. The number of ether oxygens (including phenoxy) is 2. The van der Waals surface area contributed by atoms with Gasteiger partial charge in [-0.3, -0.25) is 14.6 Å². The molecule has 0 fully saturated rings. The molecule has 2 heterocycles. The predicted octanol–water partition coefficient (Wildman–Crippen LogP) is 4.82. The van der Waals surface area contributed by atoms with Gasteiger partial charge in [0.05, 0.1) is 0 Å². The van der Waals surface area contributed by atoms with Crippen LogP contribution in [-0.2, 0) is 0 Å². The van der Waals surface area contributed by atoms with Crippen molar-refractivity contribution in [3.63, 3.8) is 0 Å². The van der Waals surface area contributed by atoms with Gasteiger partial charge >= 0.3 is 0 Å². The Kier molecular flexibility index (Phi) is 5.36. The number of carbonyl (C=O) groups excluding carboxylic acids is 2. The van der Waals surface area contributed by atoms with E-state index in [4.69, 9.17) is 9.47 Å². The first-order valence-corrected chi connectivity index (χ1v) is 10.5. The van der Waals surface area contributed by atoms with E-state index in [9.17, 15) is 9.59 Å². The van der Waals surface area contributed by atoms with E-state index in [1.165, 1.54) is 0 Å². The summed E-state index contributed by atoms with van der Waals surface area (Å²) in [5, 5.41) is 7.73. The van der Waals surface area contributed by atoms with Crippen LogP contribution in [0.5, 0.6) is 11.5 Å². The number of nitrogens with one attached hydrogen (secondary N) is 2. The van der Waals surface area contributed by atoms with Gasteiger partial charge in [-0.25, -0.2) is 0 Å². The van der Waals surface area contributed by atoms with Crippen LogP contribution in [0.1, 0.15) is 26.3 Å². The van der Waals surface area contributed by atoms with E-state index in [0.29, 0.717) is 47.2 Å². The van der Waals surface area contributed by atoms with Gasteiger partial charge in [-0.1, -0.05) is 12.1 Å². The van der Waals surface area contributed by atoms with Crippen molar-refractivity contribution in [2.45, 2.75) is 6.92 Å². The molecule has 0 bridgehead atoms. The Morgan fingerprint density at radius 1 is 0.788 bits per heavy atom. The minimum Gasteiger partial charge on any atom is -0.486 e. The molecule has 1 aromatic heterocycles. The Morgan fingerprint density at radius 2 is 1.55 bits per heavy atom. The van der Waals surface area contributed by atoms with Gasteiger partial charge in [-0.15, -0.1) is 0 Å². The van der Waals surface area contributed by atoms with E-state index in [0.717, 1.165) is 16.3 Å². The van der Waals surface area contributed by atoms with Gasteiger partial charge in [-0.05, 0) is 66.4 Å². The standard InChI is InChI=1S/C26H21N3O4/c1-16-2-6-21(28-25(30)19-5-7-23-24(13-19)33-11-10-32-23)14-22(16)29-26(31)18-3-4-20-15-27-9-8-17(20)12-18/h2-9,12-15H,10-11H2,1H3,(H,28,30)(H,29,31). The fraction of sp³-hybridized carbons (Fsp3) is 0.115. The number of hydrogen-bond donors (Lipinski definition) is 2. The van der Waals surface area contributed by atoms with Gasteiger partial charge in [0.1, 0.15) is 13.2 Å². The third-order valence-corrected chi connectivity index (χ3v) is 5.45. The first kappa shape index (κ1) is 20.5. The molecule has 0 saturated carbocycles. The number of amides is 2. The Labute approximate surface area is 190 Å². The lowest BCUT2D eigenvalue weighted by molar-refractivity contribution is 0.101. The molecule has 0 radical (unpaired) electrons. The van der Waals surface area contributed by atoms with Crippen molar-refractivity contribution in [3.05, 3.63) is 89.7 Å². The predicted molar refractivity (Wildman–Crippen MR) is 126 cm³/mol. The van der Waals surface area contributed by atoms with Crippen molar-refractivity contribution in [3.8, 4) is 11.5 Å². The van der Waals surface area contributed by atoms with Crippen molar-refractivity contribution in [2.75, 3.05) is 23.8 Å². The Hall–Kier alpha value is -4.39. The fourth-order valence-electron chi connectivity index (χ4n) is 3.64. The molecule has 7 nitrogen and oxygen atoms in total. The number of nitrogens with zero attached hydrogens (tertiary/aromatic N) is 1. The minimum atomic E-state index is -0.281. The van der Waals surface area contributed by atoms with Crippen LogP contribution in [0.4, 0.5) is 11.4 Å². The van der Waals surface area contributed by atoms with Gasteiger partial charge in [0.2, 0.25) is 0 Å². The second-order valence-electron chi connectivity index (χ2n) is 7.73. The average Bonchev–Trinajstić information content (AvgIpc) is 2.85. The minimum absolute atomic E-state index is 0.230. The van der Waals surface area contributed by atoms with Crippen LogP contribution in [0.15, 0.2) is 73.1 Å². The lowest BCUT2D eigenvalue weighted by atomic mass is 10.1. The van der Waals surface area contributed by atoms with Gasteiger partial charge < -0.3 is 20.1 Å². The quantitative estimate of drug-likeness (QED) is 0.476. The monoisotopic (exact) mass is 439 g/mol. The summed E-state index contributed by atoms with van der Waals surface area (Å²) < 4.78 is 11.1. The molecule has 0 unspecified atom stereocenters. The highest BCUT2D eigenvalue weighted by atomic mass is 16.6. The van der Waals surface area contributed by atoms with Crippen LogP contribution in [0.25, 0.3) is 10.8 Å². The number of anilines is 2. The molecule has 164 valence electrons. The number of aromatic nitrogens is 1. The molecule has 0 saturated heterocycles. The van der Waals surface area contributed by atoms with Crippen molar-refractivity contribution in [2.24, 2.45) is 0 Å². The summed E-state index contributed by atoms with van der Waals surface area (Å²) in [6.45, 7) is 2.84. The zero-order valence-electron chi connectivity index (χ0n) is 17.9. The highest BCUT2D eigenvalue weighted by molar-refractivity contribution is 6.08. The van der Waals surface area contributed by atoms with E-state index < -0.39 is 0 Å². The maximum atomic E-state index is 12.9. The highest BCUT2D eigenvalue weighted by Crippen LogP contribution is 2.31. The normalized spacial score (nSPS) is 12.3. The third-order valence-electron chi connectivity index (χ3n) is 5.45. The summed E-state index contributed by atoms with van der Waals surface area (Å²) in [7, 11) is 0. The number of rotatable bonds is 4. The Morgan fingerprint density at radius 3 is 2.42 bits per heavy atom. The highest BCUT2D eigenvalue weighted by Gasteiger charge is 2.16. The summed E-state index contributed by atoms with van der Waals surface area (Å²) in [5.74, 6) is 0.670. The molecule has 5 rings (SSSR count). The largest absolute Gasteiger partial charge is 0.486 e. The molecule has 0 atom stereocenters. The molecule has 3 aromatic carbocycles. The van der Waals surface area contributed by atoms with Crippen LogP contribution in [0.2, 0.25) is 0 Å². The summed E-state index contributed by atoms with van der Waals surface area (Å²) in [4.78, 5) is 29.7. The van der Waals surface area contributed by atoms with E-state index >= 15 is 0 Å². The molecule has 4 aromatic rings. The maximum absolute atomic E-state index is 12.9. The number of aryl methyl sites for hydroxylation is 1. The van der Waals surface area contributed by atoms with Crippen LogP contribution in [0, 0.1) is 6.92 Å². The van der Waals surface area contributed by atoms with Gasteiger partial charge in [0.25, 0.3) is 11.8 Å². The van der Waals surface area contributed by atoms with E-state index in [1.807, 2.05) is 31.2 Å². The van der Waals surface area contributed by atoms with Crippen molar-refractivity contribution in [1.29, 1.82) is 0 Å². The van der Waals surface area contributed by atoms with E-state index in [2.05, 4.69) is 15.6 Å². The number of pyridine rings is 1. The zero-order valence-corrected chi connectivity index (χ0v) is 17.9. The van der Waals surface area contributed by atoms with Crippen molar-refractivity contribution >= 4 is 34.0 Å². The van der Waals surface area contributed by atoms with Crippen LogP contribution in [-0.4, -0.2) is 30.0 Å². The van der Waals surface area contributed by atoms with Crippen LogP contribution in [0.3, 0.4) is 0 Å². The topological polar surface area (TPSA) is 89.5 Å². The molecule has 1 aliphatic rings. The third kappa shape index (κ3) is 4.34. The molecule has 0 aliphatic carbocycles. The molecule has 1 aliphatic heterocycles. The molecule has 0 spiro atoms. The fourth-order valence-corrected chi connectivity index (χ4v) is 3.64. The van der Waals surface area contributed by atoms with Crippen LogP contribution < -0.4 is 20.1 Å². The first-order chi connectivity index (χ1) is 16.1. The second-order valence-corrected chi connectivity index (χ2v) is 7.73. The summed E-state index contributed by atoms with van der Waals surface area (Å²) >= 11 is 0. The lowest BCUT2D eigenvalue weighted by Crippen LogP contribution is -2.17. The first-order valence-electron chi connectivity index (χ1n) is 10.5. The Bertz CT molecular complexity index is 1380. The molecular formula is C26H21N3O4. The van der Waals surface area contributed by atoms with Gasteiger partial charge in [0, 0.05) is 40.3 Å². The molecule has 7 heteroatoms. The van der Waals surface area contributed by atoms with Gasteiger partial charge in [-0.2, -0.15) is 0 Å². The zero-order chi connectivity index (χ0) is 22.8. The van der Waals surface area contributed by atoms with E-state index in [-0.39, 0.29) is 11.8 Å². The molecular weight excluding hydrogens is 418 g/mol. The van der Waals surface area contributed by atoms with Crippen LogP contribution >= 0.6 is 0 Å². The van der Waals surface area contributed by atoms with E-state index in [1.54, 1.807) is 48.8 Å². The number of carbonyl (C=O) groups is 2. The maximum Gasteiger partial charge on any atom is 0.255 e. The lowest BCUT2D eigenvalue weighted by Gasteiger charge is -2.18. The summed E-state index contributed by atoms with van der Waals surface area (Å²) in [6.07, 6.45) is 3.46. The second kappa shape index (κ2) is 8.63. The van der Waals surface area contributed by atoms with Gasteiger partial charge in [0.15, 0.2) is 11.5 Å². The summed E-state index contributed by atoms with van der Waals surface area (Å²) in [6, 6.07) is 17.8.